The predicted octanol–water partition coefficient (Wildman–Crippen LogP) is 5.25. The highest BCUT2D eigenvalue weighted by atomic mass is 79.9. The van der Waals surface area contributed by atoms with Crippen LogP contribution in [0.4, 0.5) is 0 Å². The number of carbonyl (C=O) groups is 1. The number of hydrogen-bond donors (Lipinski definition) is 0. The summed E-state index contributed by atoms with van der Waals surface area (Å²) < 4.78 is 6.37. The van der Waals surface area contributed by atoms with Crippen LogP contribution >= 0.6 is 27.7 Å². The van der Waals surface area contributed by atoms with Gasteiger partial charge >= 0.3 is 5.97 Å². The maximum absolute atomic E-state index is 12.6. The van der Waals surface area contributed by atoms with Crippen molar-refractivity contribution in [3.8, 4) is 0 Å². The first kappa shape index (κ1) is 16.3. The summed E-state index contributed by atoms with van der Waals surface area (Å²) in [5, 5.41) is 0. The number of carbonyl (C=O) groups excluding carboxylic acids is 1. The van der Waals surface area contributed by atoms with Crippen molar-refractivity contribution in [2.75, 3.05) is 12.4 Å². The van der Waals surface area contributed by atoms with Crippen LogP contribution in [0.3, 0.4) is 0 Å². The lowest BCUT2D eigenvalue weighted by molar-refractivity contribution is -0.138. The summed E-state index contributed by atoms with van der Waals surface area (Å²) >= 11 is 5.19. The third-order valence-electron chi connectivity index (χ3n) is 3.79. The molecule has 1 aliphatic heterocycles. The minimum atomic E-state index is -0.204. The van der Waals surface area contributed by atoms with Crippen LogP contribution in [0.1, 0.15) is 24.0 Å². The second-order valence-corrected chi connectivity index (χ2v) is 7.19. The lowest BCUT2D eigenvalue weighted by Crippen LogP contribution is -2.14. The molecule has 2 nitrogen and oxygen atoms in total. The minimum Gasteiger partial charge on any atom is -0.463 e. The van der Waals surface area contributed by atoms with Gasteiger partial charge in [0.2, 0.25) is 0 Å². The van der Waals surface area contributed by atoms with E-state index < -0.39 is 0 Å². The Bertz CT molecular complexity index is 723. The molecular weight excluding hydrogens is 372 g/mol. The topological polar surface area (TPSA) is 26.3 Å². The number of halogens is 1. The SMILES string of the molecule is CCOC(=O)C1=C(c2ccccc2)SCC1c1ccc(Br)cc1. The fourth-order valence-electron chi connectivity index (χ4n) is 2.72. The van der Waals surface area contributed by atoms with Gasteiger partial charge in [0.15, 0.2) is 0 Å². The average molecular weight is 389 g/mol. The molecule has 118 valence electrons. The summed E-state index contributed by atoms with van der Waals surface area (Å²) in [7, 11) is 0. The fourth-order valence-corrected chi connectivity index (χ4v) is 4.36. The van der Waals surface area contributed by atoms with Crippen molar-refractivity contribution in [3.05, 3.63) is 75.8 Å². The molecule has 0 aromatic heterocycles. The van der Waals surface area contributed by atoms with Gasteiger partial charge in [-0.3, -0.25) is 0 Å². The van der Waals surface area contributed by atoms with Gasteiger partial charge in [0.1, 0.15) is 0 Å². The highest BCUT2D eigenvalue weighted by Crippen LogP contribution is 2.47. The summed E-state index contributed by atoms with van der Waals surface area (Å²) in [4.78, 5) is 13.6. The lowest BCUT2D eigenvalue weighted by atomic mass is 9.91. The van der Waals surface area contributed by atoms with E-state index in [1.807, 2.05) is 49.4 Å². The fraction of sp³-hybridized carbons (Fsp3) is 0.211. The summed E-state index contributed by atoms with van der Waals surface area (Å²) in [6.45, 7) is 2.24. The van der Waals surface area contributed by atoms with Gasteiger partial charge in [-0.25, -0.2) is 4.79 Å². The van der Waals surface area contributed by atoms with E-state index in [-0.39, 0.29) is 11.9 Å². The van der Waals surface area contributed by atoms with E-state index in [1.54, 1.807) is 11.8 Å². The molecule has 0 saturated carbocycles. The second-order valence-electron chi connectivity index (χ2n) is 5.24. The van der Waals surface area contributed by atoms with Gasteiger partial charge in [-0.2, -0.15) is 0 Å². The van der Waals surface area contributed by atoms with Crippen molar-refractivity contribution in [3.63, 3.8) is 0 Å². The summed E-state index contributed by atoms with van der Waals surface area (Å²) in [5.41, 5.74) is 3.01. The number of hydrogen-bond acceptors (Lipinski definition) is 3. The van der Waals surface area contributed by atoms with Gasteiger partial charge in [-0.1, -0.05) is 58.4 Å². The quantitative estimate of drug-likeness (QED) is 0.668. The van der Waals surface area contributed by atoms with Crippen LogP contribution in [-0.4, -0.2) is 18.3 Å². The molecule has 0 spiro atoms. The third kappa shape index (κ3) is 3.54. The number of benzene rings is 2. The zero-order chi connectivity index (χ0) is 16.2. The highest BCUT2D eigenvalue weighted by molar-refractivity contribution is 9.10. The average Bonchev–Trinajstić information content (AvgIpc) is 3.01. The number of esters is 1. The Balaban J connectivity index is 2.05. The molecular formula is C19H17BrO2S. The van der Waals surface area contributed by atoms with E-state index >= 15 is 0 Å². The van der Waals surface area contributed by atoms with E-state index in [0.717, 1.165) is 31.8 Å². The Kier molecular flexibility index (Phi) is 5.23. The van der Waals surface area contributed by atoms with Gasteiger partial charge in [-0.15, -0.1) is 11.8 Å². The number of rotatable bonds is 4. The van der Waals surface area contributed by atoms with Crippen LogP contribution in [0.15, 0.2) is 64.6 Å². The van der Waals surface area contributed by atoms with E-state index in [0.29, 0.717) is 6.61 Å². The first-order valence-electron chi connectivity index (χ1n) is 7.55. The van der Waals surface area contributed by atoms with Crippen molar-refractivity contribution >= 4 is 38.6 Å². The highest BCUT2D eigenvalue weighted by Gasteiger charge is 2.33. The third-order valence-corrected chi connectivity index (χ3v) is 5.56. The van der Waals surface area contributed by atoms with Crippen molar-refractivity contribution in [2.45, 2.75) is 12.8 Å². The van der Waals surface area contributed by atoms with E-state index in [9.17, 15) is 4.79 Å². The van der Waals surface area contributed by atoms with Gasteiger partial charge in [-0.05, 0) is 30.2 Å². The molecule has 0 N–H and O–H groups in total. The molecule has 23 heavy (non-hydrogen) atoms. The van der Waals surface area contributed by atoms with Crippen LogP contribution in [0, 0.1) is 0 Å². The molecule has 2 aromatic rings. The molecule has 2 aromatic carbocycles. The van der Waals surface area contributed by atoms with E-state index in [2.05, 4.69) is 28.1 Å². The predicted molar refractivity (Wildman–Crippen MR) is 99.3 cm³/mol. The largest absolute Gasteiger partial charge is 0.463 e. The molecule has 1 aliphatic rings. The molecule has 1 atom stereocenters. The van der Waals surface area contributed by atoms with Crippen LogP contribution in [0.25, 0.3) is 4.91 Å². The van der Waals surface area contributed by atoms with Crippen molar-refractivity contribution < 1.29 is 9.53 Å². The Hall–Kier alpha value is -1.52. The summed E-state index contributed by atoms with van der Waals surface area (Å²) in [6, 6.07) is 18.3. The van der Waals surface area contributed by atoms with Crippen LogP contribution in [0.2, 0.25) is 0 Å². The maximum atomic E-state index is 12.6. The molecule has 0 aliphatic carbocycles. The lowest BCUT2D eigenvalue weighted by Gasteiger charge is -2.14. The zero-order valence-electron chi connectivity index (χ0n) is 12.8. The normalized spacial score (nSPS) is 17.4. The van der Waals surface area contributed by atoms with Crippen LogP contribution in [0.5, 0.6) is 0 Å². The van der Waals surface area contributed by atoms with Crippen molar-refractivity contribution in [2.24, 2.45) is 0 Å². The first-order valence-corrected chi connectivity index (χ1v) is 9.33. The summed E-state index contributed by atoms with van der Waals surface area (Å²) in [6.07, 6.45) is 0. The molecule has 3 rings (SSSR count). The molecule has 0 radical (unpaired) electrons. The summed E-state index contributed by atoms with van der Waals surface area (Å²) in [5.74, 6) is 0.728. The maximum Gasteiger partial charge on any atom is 0.335 e. The Labute approximate surface area is 149 Å². The molecule has 1 unspecified atom stereocenters. The van der Waals surface area contributed by atoms with Crippen molar-refractivity contribution in [1.82, 2.24) is 0 Å². The monoisotopic (exact) mass is 388 g/mol. The zero-order valence-corrected chi connectivity index (χ0v) is 15.2. The molecule has 4 heteroatoms. The Morgan fingerprint density at radius 2 is 1.87 bits per heavy atom. The first-order chi connectivity index (χ1) is 11.2. The van der Waals surface area contributed by atoms with Gasteiger partial charge < -0.3 is 4.74 Å². The minimum absolute atomic E-state index is 0.0716. The molecule has 0 amide bonds. The Morgan fingerprint density at radius 1 is 1.17 bits per heavy atom. The molecule has 0 saturated heterocycles. The second kappa shape index (κ2) is 7.37. The van der Waals surface area contributed by atoms with Crippen molar-refractivity contribution in [1.29, 1.82) is 0 Å². The van der Waals surface area contributed by atoms with E-state index in [1.165, 1.54) is 0 Å². The Morgan fingerprint density at radius 3 is 2.52 bits per heavy atom. The number of thioether (sulfide) groups is 1. The molecule has 1 heterocycles. The molecule has 0 fully saturated rings. The standard InChI is InChI=1S/C19H17BrO2S/c1-2-22-19(21)17-16(13-8-10-15(20)11-9-13)12-23-18(17)14-6-4-3-5-7-14/h3-11,16H,2,12H2,1H3. The van der Waals surface area contributed by atoms with Gasteiger partial charge in [0.05, 0.1) is 12.2 Å². The molecule has 0 bridgehead atoms. The van der Waals surface area contributed by atoms with Crippen LogP contribution in [-0.2, 0) is 9.53 Å². The smallest absolute Gasteiger partial charge is 0.335 e. The van der Waals surface area contributed by atoms with Crippen LogP contribution < -0.4 is 0 Å². The van der Waals surface area contributed by atoms with Gasteiger partial charge in [0.25, 0.3) is 0 Å². The van der Waals surface area contributed by atoms with E-state index in [4.69, 9.17) is 4.74 Å². The van der Waals surface area contributed by atoms with Gasteiger partial charge in [0, 0.05) is 21.0 Å². The number of ether oxygens (including phenoxy) is 1.